The summed E-state index contributed by atoms with van der Waals surface area (Å²) < 4.78 is 13.3. The van der Waals surface area contributed by atoms with Crippen LogP contribution in [0.3, 0.4) is 0 Å². The number of aromatic nitrogens is 3. The van der Waals surface area contributed by atoms with Crippen molar-refractivity contribution >= 4 is 5.82 Å². The number of pyridine rings is 1. The lowest BCUT2D eigenvalue weighted by atomic mass is 9.95. The van der Waals surface area contributed by atoms with Gasteiger partial charge < -0.3 is 5.32 Å². The zero-order chi connectivity index (χ0) is 14.8. The van der Waals surface area contributed by atoms with Crippen molar-refractivity contribution in [3.8, 4) is 11.3 Å². The quantitative estimate of drug-likeness (QED) is 0.932. The van der Waals surface area contributed by atoms with Gasteiger partial charge in [-0.15, -0.1) is 0 Å². The summed E-state index contributed by atoms with van der Waals surface area (Å²) >= 11 is 0. The minimum absolute atomic E-state index is 0.180. The Hall–Kier alpha value is -2.04. The first-order valence-electron chi connectivity index (χ1n) is 6.64. The molecule has 2 aromatic heterocycles. The van der Waals surface area contributed by atoms with E-state index in [0.717, 1.165) is 18.2 Å². The molecular formula is C15H19FN4. The van der Waals surface area contributed by atoms with Crippen LogP contribution in [0.25, 0.3) is 11.3 Å². The van der Waals surface area contributed by atoms with Crippen LogP contribution >= 0.6 is 0 Å². The molecule has 2 aromatic rings. The van der Waals surface area contributed by atoms with Gasteiger partial charge in [0.05, 0.1) is 11.9 Å². The number of anilines is 1. The van der Waals surface area contributed by atoms with Gasteiger partial charge in [-0.2, -0.15) is 0 Å². The Morgan fingerprint density at radius 2 is 1.90 bits per heavy atom. The van der Waals surface area contributed by atoms with Crippen molar-refractivity contribution in [2.75, 3.05) is 11.9 Å². The Labute approximate surface area is 118 Å². The van der Waals surface area contributed by atoms with Gasteiger partial charge in [0.2, 0.25) is 0 Å². The molecule has 0 radical (unpaired) electrons. The van der Waals surface area contributed by atoms with Crippen LogP contribution < -0.4 is 5.32 Å². The van der Waals surface area contributed by atoms with Crippen molar-refractivity contribution in [3.05, 3.63) is 36.2 Å². The Morgan fingerprint density at radius 3 is 2.50 bits per heavy atom. The van der Waals surface area contributed by atoms with Crippen LogP contribution in [0.1, 0.15) is 33.5 Å². The summed E-state index contributed by atoms with van der Waals surface area (Å²) in [5, 5.41) is 3.18. The third kappa shape index (κ3) is 3.29. The smallest absolute Gasteiger partial charge is 0.142 e. The number of nitrogens with one attached hydrogen (secondary N) is 1. The van der Waals surface area contributed by atoms with Gasteiger partial charge in [0.1, 0.15) is 17.5 Å². The Morgan fingerprint density at radius 1 is 1.15 bits per heavy atom. The predicted molar refractivity (Wildman–Crippen MR) is 78.1 cm³/mol. The summed E-state index contributed by atoms with van der Waals surface area (Å²) in [6.07, 6.45) is 2.79. The van der Waals surface area contributed by atoms with Gasteiger partial charge in [-0.05, 0) is 13.0 Å². The van der Waals surface area contributed by atoms with Crippen molar-refractivity contribution in [2.45, 2.75) is 33.1 Å². The molecule has 0 aliphatic rings. The normalized spacial score (nSPS) is 11.4. The maximum Gasteiger partial charge on any atom is 0.142 e. The summed E-state index contributed by atoms with van der Waals surface area (Å²) in [4.78, 5) is 12.9. The van der Waals surface area contributed by atoms with Gasteiger partial charge in [0.25, 0.3) is 0 Å². The molecule has 2 rings (SSSR count). The highest BCUT2D eigenvalue weighted by Gasteiger charge is 2.19. The van der Waals surface area contributed by atoms with Crippen LogP contribution in [0.5, 0.6) is 0 Å². The highest BCUT2D eigenvalue weighted by atomic mass is 19.1. The monoisotopic (exact) mass is 274 g/mol. The molecule has 2 heterocycles. The summed E-state index contributed by atoms with van der Waals surface area (Å²) in [6.45, 7) is 8.91. The second-order valence-electron chi connectivity index (χ2n) is 5.63. The molecule has 0 atom stereocenters. The summed E-state index contributed by atoms with van der Waals surface area (Å²) in [5.41, 5.74) is 1.14. The number of halogens is 1. The lowest BCUT2D eigenvalue weighted by Gasteiger charge is -2.18. The fourth-order valence-corrected chi connectivity index (χ4v) is 1.75. The maximum absolute atomic E-state index is 13.3. The molecule has 1 N–H and O–H groups in total. The van der Waals surface area contributed by atoms with Crippen LogP contribution in [-0.2, 0) is 5.41 Å². The molecular weight excluding hydrogens is 255 g/mol. The summed E-state index contributed by atoms with van der Waals surface area (Å²) in [6, 6.07) is 3.24. The molecule has 0 fully saturated rings. The van der Waals surface area contributed by atoms with Crippen molar-refractivity contribution in [1.29, 1.82) is 0 Å². The zero-order valence-electron chi connectivity index (χ0n) is 12.2. The molecule has 0 aromatic carbocycles. The third-order valence-electron chi connectivity index (χ3n) is 2.76. The van der Waals surface area contributed by atoms with Crippen LogP contribution in [0.15, 0.2) is 24.5 Å². The third-order valence-corrected chi connectivity index (χ3v) is 2.76. The SMILES string of the molecule is CCNc1cc(-c2cncc(F)c2)nc(C(C)(C)C)n1. The zero-order valence-corrected chi connectivity index (χ0v) is 12.2. The Kier molecular flexibility index (Phi) is 3.97. The van der Waals surface area contributed by atoms with Gasteiger partial charge in [0.15, 0.2) is 0 Å². The molecule has 0 amide bonds. The minimum atomic E-state index is -0.372. The number of hydrogen-bond donors (Lipinski definition) is 1. The van der Waals surface area contributed by atoms with Gasteiger partial charge in [-0.3, -0.25) is 4.98 Å². The maximum atomic E-state index is 13.3. The largest absolute Gasteiger partial charge is 0.370 e. The molecule has 0 saturated heterocycles. The number of nitrogens with zero attached hydrogens (tertiary/aromatic N) is 3. The van der Waals surface area contributed by atoms with Gasteiger partial charge in [0, 0.05) is 29.8 Å². The van der Waals surface area contributed by atoms with Crippen molar-refractivity contribution in [2.24, 2.45) is 0 Å². The lowest BCUT2D eigenvalue weighted by molar-refractivity contribution is 0.546. The summed E-state index contributed by atoms with van der Waals surface area (Å²) in [7, 11) is 0. The fraction of sp³-hybridized carbons (Fsp3) is 0.400. The highest BCUT2D eigenvalue weighted by molar-refractivity contribution is 5.61. The van der Waals surface area contributed by atoms with Crippen LogP contribution in [-0.4, -0.2) is 21.5 Å². The average Bonchev–Trinajstić information content (AvgIpc) is 2.38. The first-order chi connectivity index (χ1) is 9.40. The van der Waals surface area contributed by atoms with Crippen LogP contribution in [0, 0.1) is 5.82 Å². The highest BCUT2D eigenvalue weighted by Crippen LogP contribution is 2.25. The van der Waals surface area contributed by atoms with E-state index in [-0.39, 0.29) is 11.2 Å². The molecule has 4 nitrogen and oxygen atoms in total. The first-order valence-corrected chi connectivity index (χ1v) is 6.64. The number of rotatable bonds is 3. The van der Waals surface area contributed by atoms with Crippen molar-refractivity contribution < 1.29 is 4.39 Å². The fourth-order valence-electron chi connectivity index (χ4n) is 1.75. The van der Waals surface area contributed by atoms with E-state index >= 15 is 0 Å². The molecule has 0 saturated carbocycles. The van der Waals surface area contributed by atoms with E-state index in [4.69, 9.17) is 0 Å². The van der Waals surface area contributed by atoms with E-state index in [1.807, 2.05) is 33.8 Å². The average molecular weight is 274 g/mol. The second-order valence-corrected chi connectivity index (χ2v) is 5.63. The Balaban J connectivity index is 2.54. The molecule has 106 valence electrons. The van der Waals surface area contributed by atoms with E-state index in [0.29, 0.717) is 11.3 Å². The van der Waals surface area contributed by atoms with E-state index < -0.39 is 0 Å². The topological polar surface area (TPSA) is 50.7 Å². The molecule has 0 bridgehead atoms. The molecule has 0 aliphatic carbocycles. The van der Waals surface area contributed by atoms with Crippen molar-refractivity contribution in [3.63, 3.8) is 0 Å². The van der Waals surface area contributed by atoms with E-state index in [9.17, 15) is 4.39 Å². The standard InChI is InChI=1S/C15H19FN4/c1-5-18-13-7-12(10-6-11(16)9-17-8-10)19-14(20-13)15(2,3)4/h6-9H,5H2,1-4H3,(H,18,19,20). The second kappa shape index (κ2) is 5.53. The van der Waals surface area contributed by atoms with Crippen molar-refractivity contribution in [1.82, 2.24) is 15.0 Å². The number of hydrogen-bond acceptors (Lipinski definition) is 4. The van der Waals surface area contributed by atoms with Crippen LogP contribution in [0.4, 0.5) is 10.2 Å². The molecule has 5 heteroatoms. The first kappa shape index (κ1) is 14.4. The summed E-state index contributed by atoms with van der Waals surface area (Å²) in [5.74, 6) is 1.09. The van der Waals surface area contributed by atoms with E-state index in [1.165, 1.54) is 12.3 Å². The van der Waals surface area contributed by atoms with Crippen LogP contribution in [0.2, 0.25) is 0 Å². The Bertz CT molecular complexity index is 605. The van der Waals surface area contributed by atoms with E-state index in [2.05, 4.69) is 20.3 Å². The molecule has 0 unspecified atom stereocenters. The van der Waals surface area contributed by atoms with Gasteiger partial charge in [-0.1, -0.05) is 20.8 Å². The van der Waals surface area contributed by atoms with Gasteiger partial charge >= 0.3 is 0 Å². The molecule has 0 spiro atoms. The van der Waals surface area contributed by atoms with Gasteiger partial charge in [-0.25, -0.2) is 14.4 Å². The molecule has 20 heavy (non-hydrogen) atoms. The van der Waals surface area contributed by atoms with E-state index in [1.54, 1.807) is 6.20 Å². The minimum Gasteiger partial charge on any atom is -0.370 e. The molecule has 0 aliphatic heterocycles. The lowest BCUT2D eigenvalue weighted by Crippen LogP contribution is -2.17. The predicted octanol–water partition coefficient (Wildman–Crippen LogP) is 3.41.